The number of ether oxygens (including phenoxy) is 1. The smallest absolute Gasteiger partial charge is 0.305 e. The minimum absolute atomic E-state index is 0.122. The van der Waals surface area contributed by atoms with Gasteiger partial charge in [-0.1, -0.05) is 18.2 Å². The molecule has 0 amide bonds. The predicted molar refractivity (Wildman–Crippen MR) is 95.2 cm³/mol. The zero-order valence-electron chi connectivity index (χ0n) is 14.6. The average Bonchev–Trinajstić information content (AvgIpc) is 2.93. The lowest BCUT2D eigenvalue weighted by atomic mass is 9.76. The maximum absolute atomic E-state index is 11.7. The topological polar surface area (TPSA) is 34.5 Å². The van der Waals surface area contributed by atoms with Crippen LogP contribution in [0, 0.1) is 5.92 Å². The van der Waals surface area contributed by atoms with Gasteiger partial charge in [0.15, 0.2) is 0 Å². The number of para-hydroxylation sites is 1. The van der Waals surface area contributed by atoms with Crippen molar-refractivity contribution in [2.75, 3.05) is 26.7 Å². The maximum Gasteiger partial charge on any atom is 0.305 e. The molecular formula is C20H26N2O2. The van der Waals surface area contributed by atoms with Gasteiger partial charge in [0, 0.05) is 42.5 Å². The number of aromatic nitrogens is 1. The summed E-state index contributed by atoms with van der Waals surface area (Å²) in [5.74, 6) is 1.26. The first-order valence-electron chi connectivity index (χ1n) is 9.04. The fourth-order valence-electron chi connectivity index (χ4n) is 4.83. The van der Waals surface area contributed by atoms with E-state index in [1.54, 1.807) is 0 Å². The van der Waals surface area contributed by atoms with Gasteiger partial charge in [-0.05, 0) is 49.9 Å². The highest BCUT2D eigenvalue weighted by molar-refractivity contribution is 5.86. The van der Waals surface area contributed by atoms with E-state index in [1.807, 2.05) is 0 Å². The van der Waals surface area contributed by atoms with Gasteiger partial charge in [0.25, 0.3) is 0 Å². The second-order valence-electron chi connectivity index (χ2n) is 7.26. The Kier molecular flexibility index (Phi) is 4.09. The molecule has 5 rings (SSSR count). The van der Waals surface area contributed by atoms with E-state index in [2.05, 4.69) is 40.8 Å². The molecule has 2 bridgehead atoms. The number of carbonyl (C=O) groups is 1. The highest BCUT2D eigenvalue weighted by Gasteiger charge is 2.37. The lowest BCUT2D eigenvalue weighted by Crippen LogP contribution is -2.46. The monoisotopic (exact) mass is 326 g/mol. The van der Waals surface area contributed by atoms with E-state index >= 15 is 0 Å². The third-order valence-corrected chi connectivity index (χ3v) is 6.08. The van der Waals surface area contributed by atoms with Crippen molar-refractivity contribution < 1.29 is 9.53 Å². The van der Waals surface area contributed by atoms with Crippen LogP contribution >= 0.6 is 0 Å². The van der Waals surface area contributed by atoms with Crippen molar-refractivity contribution >= 4 is 16.9 Å². The molecule has 3 saturated heterocycles. The van der Waals surface area contributed by atoms with Crippen LogP contribution in [0.5, 0.6) is 0 Å². The van der Waals surface area contributed by atoms with Crippen LogP contribution in [0.3, 0.4) is 0 Å². The Labute approximate surface area is 143 Å². The first kappa shape index (κ1) is 15.7. The number of hydrogen-bond acceptors (Lipinski definition) is 3. The first-order chi connectivity index (χ1) is 11.7. The van der Waals surface area contributed by atoms with E-state index in [9.17, 15) is 4.79 Å². The number of carbonyl (C=O) groups excluding carboxylic acids is 1. The Balaban J connectivity index is 1.78. The Morgan fingerprint density at radius 3 is 2.67 bits per heavy atom. The molecule has 1 atom stereocenters. The molecule has 3 aliphatic heterocycles. The Morgan fingerprint density at radius 1 is 1.25 bits per heavy atom. The molecule has 3 aliphatic rings. The maximum atomic E-state index is 11.7. The van der Waals surface area contributed by atoms with Crippen molar-refractivity contribution in [3.63, 3.8) is 0 Å². The number of rotatable bonds is 4. The second-order valence-corrected chi connectivity index (χ2v) is 7.26. The summed E-state index contributed by atoms with van der Waals surface area (Å²) in [6.45, 7) is 3.67. The van der Waals surface area contributed by atoms with Crippen molar-refractivity contribution in [3.8, 4) is 0 Å². The third kappa shape index (κ3) is 2.53. The van der Waals surface area contributed by atoms with Crippen molar-refractivity contribution in [1.29, 1.82) is 0 Å². The lowest BCUT2D eigenvalue weighted by molar-refractivity contribution is -0.140. The molecule has 1 unspecified atom stereocenters. The molecule has 0 N–H and O–H groups in total. The van der Waals surface area contributed by atoms with Gasteiger partial charge in [-0.3, -0.25) is 4.79 Å². The number of esters is 1. The summed E-state index contributed by atoms with van der Waals surface area (Å²) >= 11 is 0. The van der Waals surface area contributed by atoms with Gasteiger partial charge in [0.05, 0.1) is 7.11 Å². The quantitative estimate of drug-likeness (QED) is 0.810. The Morgan fingerprint density at radius 2 is 2.00 bits per heavy atom. The van der Waals surface area contributed by atoms with Gasteiger partial charge in [0.2, 0.25) is 0 Å². The number of nitrogens with zero attached hydrogens (tertiary/aromatic N) is 2. The number of piperidine rings is 3. The average molecular weight is 326 g/mol. The standard InChI is InChI=1S/C20H26N2O2/c1-21-18-6-4-3-5-15(18)16(7-8-19(23)24-2)20(21)17-13-22-11-9-14(17)10-12-22/h3-6,14,17H,7-13H2,1-2H3. The Bertz CT molecular complexity index is 756. The highest BCUT2D eigenvalue weighted by atomic mass is 16.5. The SMILES string of the molecule is COC(=O)CCc1c(C2CN3CCC2CC3)n(C)c2ccccc12. The molecule has 1 aromatic heterocycles. The summed E-state index contributed by atoms with van der Waals surface area (Å²) in [6, 6.07) is 8.60. The minimum atomic E-state index is -0.122. The predicted octanol–water partition coefficient (Wildman–Crippen LogP) is 3.09. The summed E-state index contributed by atoms with van der Waals surface area (Å²) in [7, 11) is 3.66. The van der Waals surface area contributed by atoms with E-state index in [0.717, 1.165) is 12.3 Å². The molecule has 128 valence electrons. The van der Waals surface area contributed by atoms with Crippen LogP contribution in [0.15, 0.2) is 24.3 Å². The molecule has 2 aromatic rings. The molecule has 4 heterocycles. The number of hydrogen-bond donors (Lipinski definition) is 0. The summed E-state index contributed by atoms with van der Waals surface area (Å²) in [5.41, 5.74) is 4.09. The van der Waals surface area contributed by atoms with Gasteiger partial charge >= 0.3 is 5.97 Å². The van der Waals surface area contributed by atoms with Crippen LogP contribution in [0.25, 0.3) is 10.9 Å². The molecule has 1 aromatic carbocycles. The van der Waals surface area contributed by atoms with Crippen LogP contribution in [-0.2, 0) is 23.0 Å². The summed E-state index contributed by atoms with van der Waals surface area (Å²) in [4.78, 5) is 14.3. The number of fused-ring (bicyclic) bond motifs is 4. The number of methoxy groups -OCH3 is 1. The number of benzene rings is 1. The van der Waals surface area contributed by atoms with Gasteiger partial charge < -0.3 is 14.2 Å². The molecule has 0 spiro atoms. The van der Waals surface area contributed by atoms with Gasteiger partial charge in [-0.2, -0.15) is 0 Å². The van der Waals surface area contributed by atoms with Crippen molar-refractivity contribution in [1.82, 2.24) is 9.47 Å². The molecule has 3 fully saturated rings. The van der Waals surface area contributed by atoms with Crippen molar-refractivity contribution in [2.45, 2.75) is 31.6 Å². The second kappa shape index (κ2) is 6.25. The zero-order chi connectivity index (χ0) is 16.7. The van der Waals surface area contributed by atoms with E-state index in [4.69, 9.17) is 4.74 Å². The van der Waals surface area contributed by atoms with Crippen LogP contribution in [0.4, 0.5) is 0 Å². The number of aryl methyl sites for hydroxylation is 2. The fourth-order valence-corrected chi connectivity index (χ4v) is 4.83. The van der Waals surface area contributed by atoms with Crippen molar-refractivity contribution in [3.05, 3.63) is 35.5 Å². The first-order valence-corrected chi connectivity index (χ1v) is 9.04. The fraction of sp³-hybridized carbons (Fsp3) is 0.550. The summed E-state index contributed by atoms with van der Waals surface area (Å²) in [5, 5.41) is 1.30. The van der Waals surface area contributed by atoms with Crippen LogP contribution < -0.4 is 0 Å². The molecule has 0 radical (unpaired) electrons. The zero-order valence-corrected chi connectivity index (χ0v) is 14.6. The molecular weight excluding hydrogens is 300 g/mol. The lowest BCUT2D eigenvalue weighted by Gasteiger charge is -2.45. The highest BCUT2D eigenvalue weighted by Crippen LogP contribution is 2.42. The summed E-state index contributed by atoms with van der Waals surface area (Å²) < 4.78 is 7.25. The van der Waals surface area contributed by atoms with Crippen molar-refractivity contribution in [2.24, 2.45) is 13.0 Å². The van der Waals surface area contributed by atoms with Gasteiger partial charge in [0.1, 0.15) is 0 Å². The summed E-state index contributed by atoms with van der Waals surface area (Å²) in [6.07, 6.45) is 3.84. The van der Waals surface area contributed by atoms with Crippen LogP contribution in [0.1, 0.15) is 36.4 Å². The van der Waals surface area contributed by atoms with Crippen LogP contribution in [0.2, 0.25) is 0 Å². The minimum Gasteiger partial charge on any atom is -0.469 e. The van der Waals surface area contributed by atoms with E-state index in [0.29, 0.717) is 12.3 Å². The van der Waals surface area contributed by atoms with E-state index in [-0.39, 0.29) is 5.97 Å². The molecule has 4 nitrogen and oxygen atoms in total. The van der Waals surface area contributed by atoms with E-state index in [1.165, 1.54) is 61.7 Å². The van der Waals surface area contributed by atoms with E-state index < -0.39 is 0 Å². The largest absolute Gasteiger partial charge is 0.469 e. The van der Waals surface area contributed by atoms with Crippen LogP contribution in [-0.4, -0.2) is 42.2 Å². The molecule has 4 heteroatoms. The molecule has 0 saturated carbocycles. The normalized spacial score (nSPS) is 26.0. The molecule has 0 aliphatic carbocycles. The Hall–Kier alpha value is -1.81. The molecule has 24 heavy (non-hydrogen) atoms. The van der Waals surface area contributed by atoms with Gasteiger partial charge in [-0.15, -0.1) is 0 Å². The third-order valence-electron chi connectivity index (χ3n) is 6.08. The van der Waals surface area contributed by atoms with Gasteiger partial charge in [-0.25, -0.2) is 0 Å².